The Morgan fingerprint density at radius 2 is 1.87 bits per heavy atom. The quantitative estimate of drug-likeness (QED) is 0.248. The fourth-order valence-corrected chi connectivity index (χ4v) is 3.92. The highest BCUT2D eigenvalue weighted by Gasteiger charge is 2.38. The Hall–Kier alpha value is -4.23. The van der Waals surface area contributed by atoms with E-state index in [0.29, 0.717) is 35.9 Å². The summed E-state index contributed by atoms with van der Waals surface area (Å²) in [5.74, 6) is -0.809. The standard InChI is InChI=1S/C23H28FN7O.C2HF3O2/c1-6-31-12-27-20-21(25-11-17-7-8-18(24)13(2)9-17)28-23(29-22(20)31)26-10-14(3)19-15(4)30-32-16(19)5;3-2(4,5)1(6)7/h7-9,12,14H,6,10-11H2,1-5H3,(H2,25,26,28,29);(H,6,7). The molecule has 0 aliphatic carbocycles. The van der Waals surface area contributed by atoms with Crippen molar-refractivity contribution < 1.29 is 32.0 Å². The Labute approximate surface area is 221 Å². The molecule has 4 aromatic rings. The summed E-state index contributed by atoms with van der Waals surface area (Å²) in [5.41, 5.74) is 5.04. The van der Waals surface area contributed by atoms with E-state index in [1.807, 2.05) is 31.4 Å². The summed E-state index contributed by atoms with van der Waals surface area (Å²) in [6, 6.07) is 5.08. The number of hydrogen-bond acceptors (Lipinski definition) is 8. The van der Waals surface area contributed by atoms with Crippen LogP contribution >= 0.6 is 0 Å². The third-order valence-electron chi connectivity index (χ3n) is 5.88. The minimum absolute atomic E-state index is 0.176. The van der Waals surface area contributed by atoms with Crippen molar-refractivity contribution in [2.45, 2.75) is 59.8 Å². The molecular formula is C25H29F4N7O3. The van der Waals surface area contributed by atoms with Crippen LogP contribution in [0.4, 0.5) is 29.3 Å². The topological polar surface area (TPSA) is 131 Å². The van der Waals surface area contributed by atoms with Crippen molar-refractivity contribution in [3.63, 3.8) is 0 Å². The molecule has 3 heterocycles. The van der Waals surface area contributed by atoms with E-state index in [1.165, 1.54) is 6.07 Å². The van der Waals surface area contributed by atoms with Crippen LogP contribution in [0.25, 0.3) is 11.2 Å². The maximum absolute atomic E-state index is 13.6. The van der Waals surface area contributed by atoms with Crippen molar-refractivity contribution >= 4 is 28.9 Å². The molecule has 39 heavy (non-hydrogen) atoms. The van der Waals surface area contributed by atoms with Crippen LogP contribution in [0.1, 0.15) is 47.9 Å². The number of aryl methyl sites for hydroxylation is 4. The number of benzene rings is 1. The Kier molecular flexibility index (Phi) is 9.09. The zero-order chi connectivity index (χ0) is 28.9. The van der Waals surface area contributed by atoms with Crippen molar-refractivity contribution in [2.75, 3.05) is 17.2 Å². The average molecular weight is 552 g/mol. The first-order valence-corrected chi connectivity index (χ1v) is 12.0. The second kappa shape index (κ2) is 12.1. The number of carbonyl (C=O) groups is 1. The summed E-state index contributed by atoms with van der Waals surface area (Å²) in [6.45, 7) is 11.7. The highest BCUT2D eigenvalue weighted by molar-refractivity contribution is 5.84. The smallest absolute Gasteiger partial charge is 0.475 e. The zero-order valence-corrected chi connectivity index (χ0v) is 22.0. The van der Waals surface area contributed by atoms with E-state index in [4.69, 9.17) is 19.4 Å². The second-order valence-corrected chi connectivity index (χ2v) is 8.86. The SMILES string of the molecule is CCn1cnc2c(NCc3ccc(F)c(C)c3)nc(NCC(C)c3c(C)noc3C)nc21.O=C(O)C(F)(F)F. The van der Waals surface area contributed by atoms with Gasteiger partial charge in [-0.25, -0.2) is 14.2 Å². The predicted molar refractivity (Wildman–Crippen MR) is 136 cm³/mol. The van der Waals surface area contributed by atoms with Gasteiger partial charge in [-0.3, -0.25) is 0 Å². The number of anilines is 2. The molecule has 0 saturated carbocycles. The first-order chi connectivity index (χ1) is 18.3. The number of nitrogens with one attached hydrogen (secondary N) is 2. The third-order valence-corrected chi connectivity index (χ3v) is 5.88. The lowest BCUT2D eigenvalue weighted by Crippen LogP contribution is -2.21. The monoisotopic (exact) mass is 551 g/mol. The molecular weight excluding hydrogens is 522 g/mol. The van der Waals surface area contributed by atoms with Crippen molar-refractivity contribution in [1.82, 2.24) is 24.7 Å². The Bertz CT molecular complexity index is 1430. The lowest BCUT2D eigenvalue weighted by atomic mass is 10.00. The zero-order valence-electron chi connectivity index (χ0n) is 22.0. The van der Waals surface area contributed by atoms with Gasteiger partial charge in [0.15, 0.2) is 17.0 Å². The molecule has 0 aliphatic rings. The predicted octanol–water partition coefficient (Wildman–Crippen LogP) is 5.36. The number of nitrogens with zero attached hydrogens (tertiary/aromatic N) is 5. The van der Waals surface area contributed by atoms with Gasteiger partial charge in [-0.05, 0) is 44.9 Å². The lowest BCUT2D eigenvalue weighted by Gasteiger charge is -2.14. The van der Waals surface area contributed by atoms with Gasteiger partial charge in [0.2, 0.25) is 5.95 Å². The van der Waals surface area contributed by atoms with Crippen molar-refractivity contribution in [1.29, 1.82) is 0 Å². The first-order valence-electron chi connectivity index (χ1n) is 12.0. The number of alkyl halides is 3. The number of carboxylic acids is 1. The number of fused-ring (bicyclic) bond motifs is 1. The summed E-state index contributed by atoms with van der Waals surface area (Å²) < 4.78 is 52.6. The van der Waals surface area contributed by atoms with E-state index < -0.39 is 12.1 Å². The average Bonchev–Trinajstić information content (AvgIpc) is 3.45. The molecule has 1 atom stereocenters. The molecule has 0 amide bonds. The van der Waals surface area contributed by atoms with Crippen molar-refractivity contribution in [3.8, 4) is 0 Å². The van der Waals surface area contributed by atoms with Crippen LogP contribution < -0.4 is 10.6 Å². The van der Waals surface area contributed by atoms with Crippen LogP contribution in [-0.4, -0.2) is 48.5 Å². The van der Waals surface area contributed by atoms with Gasteiger partial charge >= 0.3 is 12.1 Å². The molecule has 4 rings (SSSR count). The summed E-state index contributed by atoms with van der Waals surface area (Å²) in [5, 5.41) is 17.9. The number of aliphatic carboxylic acids is 1. The number of halogens is 4. The van der Waals surface area contributed by atoms with E-state index >= 15 is 0 Å². The molecule has 1 unspecified atom stereocenters. The maximum atomic E-state index is 13.6. The molecule has 10 nitrogen and oxygen atoms in total. The highest BCUT2D eigenvalue weighted by Crippen LogP contribution is 2.25. The fraction of sp³-hybridized carbons (Fsp3) is 0.400. The van der Waals surface area contributed by atoms with Gasteiger partial charge in [0, 0.05) is 31.1 Å². The summed E-state index contributed by atoms with van der Waals surface area (Å²) in [7, 11) is 0. The molecule has 0 saturated heterocycles. The summed E-state index contributed by atoms with van der Waals surface area (Å²) >= 11 is 0. The molecule has 14 heteroatoms. The van der Waals surface area contributed by atoms with Gasteiger partial charge in [0.1, 0.15) is 11.6 Å². The fourth-order valence-electron chi connectivity index (χ4n) is 3.92. The molecule has 0 bridgehead atoms. The van der Waals surface area contributed by atoms with Crippen LogP contribution in [-0.2, 0) is 17.9 Å². The van der Waals surface area contributed by atoms with Gasteiger partial charge in [0.25, 0.3) is 0 Å². The first kappa shape index (κ1) is 29.3. The molecule has 3 aromatic heterocycles. The van der Waals surface area contributed by atoms with Crippen LogP contribution in [0, 0.1) is 26.6 Å². The number of aromatic nitrogens is 5. The third kappa shape index (κ3) is 7.21. The van der Waals surface area contributed by atoms with Crippen LogP contribution in [0.3, 0.4) is 0 Å². The summed E-state index contributed by atoms with van der Waals surface area (Å²) in [4.78, 5) is 22.8. The van der Waals surface area contributed by atoms with Crippen molar-refractivity contribution in [2.24, 2.45) is 0 Å². The maximum Gasteiger partial charge on any atom is 0.490 e. The van der Waals surface area contributed by atoms with E-state index in [2.05, 4.69) is 32.7 Å². The minimum Gasteiger partial charge on any atom is -0.475 e. The molecule has 210 valence electrons. The van der Waals surface area contributed by atoms with E-state index in [1.54, 1.807) is 19.3 Å². The number of carboxylic acid groups (broad SMARTS) is 1. The van der Waals surface area contributed by atoms with Gasteiger partial charge in [-0.15, -0.1) is 0 Å². The molecule has 0 spiro atoms. The molecule has 0 fully saturated rings. The van der Waals surface area contributed by atoms with Gasteiger partial charge in [-0.2, -0.15) is 23.1 Å². The lowest BCUT2D eigenvalue weighted by molar-refractivity contribution is -0.192. The van der Waals surface area contributed by atoms with Crippen molar-refractivity contribution in [3.05, 3.63) is 58.5 Å². The molecule has 0 radical (unpaired) electrons. The van der Waals surface area contributed by atoms with E-state index in [-0.39, 0.29) is 11.7 Å². The molecule has 0 aliphatic heterocycles. The molecule has 1 aromatic carbocycles. The van der Waals surface area contributed by atoms with Gasteiger partial charge < -0.3 is 24.8 Å². The Balaban J connectivity index is 0.000000532. The van der Waals surface area contributed by atoms with Gasteiger partial charge in [-0.1, -0.05) is 24.2 Å². The number of rotatable bonds is 8. The normalized spacial score (nSPS) is 12.1. The van der Waals surface area contributed by atoms with Crippen LogP contribution in [0.2, 0.25) is 0 Å². The minimum atomic E-state index is -5.08. The Morgan fingerprint density at radius 1 is 1.18 bits per heavy atom. The summed E-state index contributed by atoms with van der Waals surface area (Å²) in [6.07, 6.45) is -3.32. The molecule has 3 N–H and O–H groups in total. The van der Waals surface area contributed by atoms with E-state index in [0.717, 1.165) is 34.8 Å². The Morgan fingerprint density at radius 3 is 2.44 bits per heavy atom. The number of hydrogen-bond donors (Lipinski definition) is 3. The van der Waals surface area contributed by atoms with Crippen LogP contribution in [0.5, 0.6) is 0 Å². The van der Waals surface area contributed by atoms with Gasteiger partial charge in [0.05, 0.1) is 12.0 Å². The van der Waals surface area contributed by atoms with Crippen LogP contribution in [0.15, 0.2) is 29.0 Å². The largest absolute Gasteiger partial charge is 0.490 e. The highest BCUT2D eigenvalue weighted by atomic mass is 19.4. The number of imidazole rings is 1. The second-order valence-electron chi connectivity index (χ2n) is 8.86. The van der Waals surface area contributed by atoms with E-state index in [9.17, 15) is 17.6 Å².